The highest BCUT2D eigenvalue weighted by Gasteiger charge is 2.34. The summed E-state index contributed by atoms with van der Waals surface area (Å²) in [4.78, 5) is 13.6. The second-order valence-corrected chi connectivity index (χ2v) is 5.17. The van der Waals surface area contributed by atoms with Crippen molar-refractivity contribution < 1.29 is 9.90 Å². The van der Waals surface area contributed by atoms with Crippen LogP contribution in [0, 0.1) is 11.8 Å². The van der Waals surface area contributed by atoms with Crippen LogP contribution in [0.4, 0.5) is 0 Å². The molecule has 0 radical (unpaired) electrons. The maximum Gasteiger partial charge on any atom is 0.236 e. The van der Waals surface area contributed by atoms with Crippen LogP contribution in [-0.2, 0) is 4.79 Å². The molecule has 1 aliphatic heterocycles. The van der Waals surface area contributed by atoms with Gasteiger partial charge in [0.2, 0.25) is 5.91 Å². The molecule has 4 heteroatoms. The molecule has 16 heavy (non-hydrogen) atoms. The van der Waals surface area contributed by atoms with Crippen LogP contribution in [0.3, 0.4) is 0 Å². The molecular formula is C12H22N2O2. The Morgan fingerprint density at radius 1 is 1.44 bits per heavy atom. The van der Waals surface area contributed by atoms with E-state index in [4.69, 9.17) is 0 Å². The van der Waals surface area contributed by atoms with Crippen molar-refractivity contribution in [2.45, 2.75) is 31.8 Å². The molecule has 92 valence electrons. The van der Waals surface area contributed by atoms with Crippen molar-refractivity contribution in [3.05, 3.63) is 0 Å². The van der Waals surface area contributed by atoms with E-state index < -0.39 is 0 Å². The number of hydrogen-bond acceptors (Lipinski definition) is 3. The molecule has 2 aliphatic rings. The van der Waals surface area contributed by atoms with Crippen LogP contribution in [0.15, 0.2) is 0 Å². The number of amides is 1. The molecule has 2 fully saturated rings. The highest BCUT2D eigenvalue weighted by atomic mass is 16.3. The van der Waals surface area contributed by atoms with Crippen LogP contribution in [-0.4, -0.2) is 48.7 Å². The van der Waals surface area contributed by atoms with Crippen molar-refractivity contribution in [2.24, 2.45) is 11.8 Å². The molecule has 1 amide bonds. The molecule has 1 saturated heterocycles. The molecule has 1 heterocycles. The predicted molar refractivity (Wildman–Crippen MR) is 62.0 cm³/mol. The van der Waals surface area contributed by atoms with Gasteiger partial charge < -0.3 is 15.3 Å². The van der Waals surface area contributed by atoms with Crippen LogP contribution >= 0.6 is 0 Å². The third-order valence-corrected chi connectivity index (χ3v) is 3.71. The molecule has 0 spiro atoms. The number of nitrogens with one attached hydrogen (secondary N) is 1. The van der Waals surface area contributed by atoms with E-state index in [1.807, 2.05) is 4.90 Å². The third-order valence-electron chi connectivity index (χ3n) is 3.71. The average molecular weight is 226 g/mol. The van der Waals surface area contributed by atoms with Crippen molar-refractivity contribution in [1.82, 2.24) is 10.2 Å². The van der Waals surface area contributed by atoms with Crippen molar-refractivity contribution in [2.75, 3.05) is 26.7 Å². The summed E-state index contributed by atoms with van der Waals surface area (Å²) in [5, 5.41) is 12.8. The zero-order chi connectivity index (χ0) is 11.5. The first-order chi connectivity index (χ1) is 7.70. The van der Waals surface area contributed by atoms with Gasteiger partial charge in [-0.15, -0.1) is 0 Å². The van der Waals surface area contributed by atoms with Crippen molar-refractivity contribution in [1.29, 1.82) is 0 Å². The SMILES string of the molecule is CNCC(=O)N1CC[C@@H](O)[C@@H](CC2CC2)C1. The summed E-state index contributed by atoms with van der Waals surface area (Å²) in [5.74, 6) is 1.29. The number of likely N-dealkylation sites (N-methyl/N-ethyl adjacent to an activating group) is 1. The van der Waals surface area contributed by atoms with Crippen LogP contribution < -0.4 is 5.32 Å². The lowest BCUT2D eigenvalue weighted by atomic mass is 9.90. The number of carbonyl (C=O) groups excluding carboxylic acids is 1. The van der Waals surface area contributed by atoms with E-state index in [-0.39, 0.29) is 12.0 Å². The van der Waals surface area contributed by atoms with E-state index >= 15 is 0 Å². The molecule has 2 atom stereocenters. The van der Waals surface area contributed by atoms with Gasteiger partial charge in [0.15, 0.2) is 0 Å². The summed E-state index contributed by atoms with van der Waals surface area (Å²) in [6, 6.07) is 0. The summed E-state index contributed by atoms with van der Waals surface area (Å²) in [7, 11) is 1.79. The van der Waals surface area contributed by atoms with Crippen molar-refractivity contribution >= 4 is 5.91 Å². The van der Waals surface area contributed by atoms with Crippen LogP contribution in [0.1, 0.15) is 25.7 Å². The first-order valence-electron chi connectivity index (χ1n) is 6.31. The van der Waals surface area contributed by atoms with Crippen LogP contribution in [0.2, 0.25) is 0 Å². The number of aliphatic hydroxyl groups excluding tert-OH is 1. The van der Waals surface area contributed by atoms with E-state index in [1.54, 1.807) is 7.05 Å². The number of aliphatic hydroxyl groups is 1. The lowest BCUT2D eigenvalue weighted by molar-refractivity contribution is -0.134. The largest absolute Gasteiger partial charge is 0.393 e. The Morgan fingerprint density at radius 3 is 2.81 bits per heavy atom. The maximum atomic E-state index is 11.7. The molecular weight excluding hydrogens is 204 g/mol. The molecule has 4 nitrogen and oxygen atoms in total. The zero-order valence-corrected chi connectivity index (χ0v) is 9.98. The Morgan fingerprint density at radius 2 is 2.19 bits per heavy atom. The van der Waals surface area contributed by atoms with Gasteiger partial charge in [-0.05, 0) is 25.8 Å². The second-order valence-electron chi connectivity index (χ2n) is 5.17. The summed E-state index contributed by atoms with van der Waals surface area (Å²) in [6.45, 7) is 1.87. The third kappa shape index (κ3) is 2.95. The van der Waals surface area contributed by atoms with Gasteiger partial charge in [-0.3, -0.25) is 4.79 Å². The molecule has 0 aromatic heterocycles. The smallest absolute Gasteiger partial charge is 0.236 e. The number of piperidine rings is 1. The van der Waals surface area contributed by atoms with E-state index in [0.29, 0.717) is 19.0 Å². The van der Waals surface area contributed by atoms with Gasteiger partial charge in [-0.2, -0.15) is 0 Å². The fourth-order valence-electron chi connectivity index (χ4n) is 2.52. The Bertz CT molecular complexity index is 253. The minimum atomic E-state index is -0.195. The van der Waals surface area contributed by atoms with Crippen molar-refractivity contribution in [3.8, 4) is 0 Å². The van der Waals surface area contributed by atoms with Gasteiger partial charge in [0.1, 0.15) is 0 Å². The molecule has 0 aromatic rings. The topological polar surface area (TPSA) is 52.6 Å². The van der Waals surface area contributed by atoms with E-state index in [0.717, 1.165) is 25.3 Å². The fraction of sp³-hybridized carbons (Fsp3) is 0.917. The predicted octanol–water partition coefficient (Wildman–Crippen LogP) is 0.215. The monoisotopic (exact) mass is 226 g/mol. The average Bonchev–Trinajstić information content (AvgIpc) is 3.05. The molecule has 0 unspecified atom stereocenters. The summed E-state index contributed by atoms with van der Waals surface area (Å²) < 4.78 is 0. The molecule has 2 N–H and O–H groups in total. The number of carbonyl (C=O) groups is 1. The maximum absolute atomic E-state index is 11.7. The summed E-state index contributed by atoms with van der Waals surface area (Å²) in [5.41, 5.74) is 0. The normalized spacial score (nSPS) is 30.5. The van der Waals surface area contributed by atoms with Gasteiger partial charge in [0.05, 0.1) is 12.6 Å². The van der Waals surface area contributed by atoms with Gasteiger partial charge in [0.25, 0.3) is 0 Å². The van der Waals surface area contributed by atoms with Gasteiger partial charge in [0, 0.05) is 19.0 Å². The first kappa shape index (κ1) is 11.9. The molecule has 0 bridgehead atoms. The number of nitrogens with zero attached hydrogens (tertiary/aromatic N) is 1. The van der Waals surface area contributed by atoms with Gasteiger partial charge in [-0.25, -0.2) is 0 Å². The summed E-state index contributed by atoms with van der Waals surface area (Å²) >= 11 is 0. The first-order valence-corrected chi connectivity index (χ1v) is 6.31. The highest BCUT2D eigenvalue weighted by Crippen LogP contribution is 2.37. The second kappa shape index (κ2) is 5.15. The minimum Gasteiger partial charge on any atom is -0.393 e. The van der Waals surface area contributed by atoms with E-state index in [1.165, 1.54) is 12.8 Å². The Kier molecular flexibility index (Phi) is 3.82. The Balaban J connectivity index is 1.84. The molecule has 1 saturated carbocycles. The number of hydrogen-bond donors (Lipinski definition) is 2. The molecule has 1 aliphatic carbocycles. The number of likely N-dealkylation sites (tertiary alicyclic amines) is 1. The van der Waals surface area contributed by atoms with E-state index in [9.17, 15) is 9.90 Å². The van der Waals surface area contributed by atoms with Gasteiger partial charge in [-0.1, -0.05) is 12.8 Å². The minimum absolute atomic E-state index is 0.162. The highest BCUT2D eigenvalue weighted by molar-refractivity contribution is 5.78. The lowest BCUT2D eigenvalue weighted by Gasteiger charge is -2.36. The van der Waals surface area contributed by atoms with E-state index in [2.05, 4.69) is 5.32 Å². The van der Waals surface area contributed by atoms with Crippen LogP contribution in [0.5, 0.6) is 0 Å². The Labute approximate surface area is 97.0 Å². The molecule has 0 aromatic carbocycles. The summed E-state index contributed by atoms with van der Waals surface area (Å²) in [6.07, 6.45) is 4.28. The molecule has 2 rings (SSSR count). The van der Waals surface area contributed by atoms with Crippen LogP contribution in [0.25, 0.3) is 0 Å². The lowest BCUT2D eigenvalue weighted by Crippen LogP contribution is -2.48. The Hall–Kier alpha value is -0.610. The quantitative estimate of drug-likeness (QED) is 0.721. The fourth-order valence-corrected chi connectivity index (χ4v) is 2.52. The number of rotatable bonds is 4. The zero-order valence-electron chi connectivity index (χ0n) is 9.98. The van der Waals surface area contributed by atoms with Crippen molar-refractivity contribution in [3.63, 3.8) is 0 Å². The standard InChI is InChI=1S/C12H22N2O2/c1-13-7-12(16)14-5-4-11(15)10(8-14)6-9-2-3-9/h9-11,13,15H,2-8H2,1H3/t10-,11+/m0/s1. The van der Waals surface area contributed by atoms with Gasteiger partial charge >= 0.3 is 0 Å².